The first-order chi connectivity index (χ1) is 12.1. The third-order valence-electron chi connectivity index (χ3n) is 4.07. The van der Waals surface area contributed by atoms with Gasteiger partial charge < -0.3 is 20.3 Å². The third kappa shape index (κ3) is 7.80. The van der Waals surface area contributed by atoms with Crippen molar-refractivity contribution in [3.63, 3.8) is 0 Å². The standard InChI is InChI=1S/C19H30N4O2.HI/c1-4-20-19(23-11-6-7-15(2)14-23)21-10-12-25-18-9-5-8-17(13-18)22-16(3)24;/h5,8-9,13,15H,4,6-7,10-12,14H2,1-3H3,(H,20,21)(H,22,24);1H. The fourth-order valence-corrected chi connectivity index (χ4v) is 2.99. The molecule has 1 aliphatic heterocycles. The van der Waals surface area contributed by atoms with Crippen LogP contribution in [-0.2, 0) is 4.79 Å². The second-order valence-electron chi connectivity index (χ2n) is 6.49. The first-order valence-corrected chi connectivity index (χ1v) is 9.12. The van der Waals surface area contributed by atoms with E-state index in [-0.39, 0.29) is 29.9 Å². The lowest BCUT2D eigenvalue weighted by atomic mass is 10.0. The molecule has 2 N–H and O–H groups in total. The predicted octanol–water partition coefficient (Wildman–Crippen LogP) is 3.34. The predicted molar refractivity (Wildman–Crippen MR) is 118 cm³/mol. The SMILES string of the molecule is CCNC(=NCCOc1cccc(NC(C)=O)c1)N1CCCC(C)C1.I. The van der Waals surface area contributed by atoms with Gasteiger partial charge in [0.15, 0.2) is 5.96 Å². The van der Waals surface area contributed by atoms with Gasteiger partial charge in [0.2, 0.25) is 5.91 Å². The van der Waals surface area contributed by atoms with E-state index in [1.807, 2.05) is 24.3 Å². The number of aliphatic imine (C=N–C) groups is 1. The Labute approximate surface area is 173 Å². The third-order valence-corrected chi connectivity index (χ3v) is 4.07. The molecular weight excluding hydrogens is 443 g/mol. The molecule has 0 spiro atoms. The fraction of sp³-hybridized carbons (Fsp3) is 0.579. The van der Waals surface area contributed by atoms with Gasteiger partial charge in [-0.15, -0.1) is 24.0 Å². The number of nitrogens with zero attached hydrogens (tertiary/aromatic N) is 2. The van der Waals surface area contributed by atoms with Crippen molar-refractivity contribution in [2.24, 2.45) is 10.9 Å². The van der Waals surface area contributed by atoms with Crippen molar-refractivity contribution in [2.45, 2.75) is 33.6 Å². The summed E-state index contributed by atoms with van der Waals surface area (Å²) in [4.78, 5) is 18.1. The van der Waals surface area contributed by atoms with Crippen molar-refractivity contribution in [1.82, 2.24) is 10.2 Å². The van der Waals surface area contributed by atoms with Crippen molar-refractivity contribution in [3.8, 4) is 5.75 Å². The Bertz CT molecular complexity index is 595. The van der Waals surface area contributed by atoms with Gasteiger partial charge in [-0.25, -0.2) is 4.99 Å². The van der Waals surface area contributed by atoms with Crippen molar-refractivity contribution in [2.75, 3.05) is 38.1 Å². The molecule has 0 aromatic heterocycles. The lowest BCUT2D eigenvalue weighted by molar-refractivity contribution is -0.114. The molecule has 0 bridgehead atoms. The quantitative estimate of drug-likeness (QED) is 0.287. The van der Waals surface area contributed by atoms with E-state index in [1.165, 1.54) is 19.8 Å². The average Bonchev–Trinajstić information content (AvgIpc) is 2.57. The van der Waals surface area contributed by atoms with Gasteiger partial charge in [0.1, 0.15) is 12.4 Å². The second kappa shape index (κ2) is 12.0. The molecule has 6 nitrogen and oxygen atoms in total. The summed E-state index contributed by atoms with van der Waals surface area (Å²) >= 11 is 0. The number of amides is 1. The highest BCUT2D eigenvalue weighted by atomic mass is 127. The molecule has 1 fully saturated rings. The molecule has 2 rings (SSSR count). The molecule has 1 aromatic carbocycles. The van der Waals surface area contributed by atoms with Crippen molar-refractivity contribution in [1.29, 1.82) is 0 Å². The molecule has 1 amide bonds. The molecule has 1 aliphatic rings. The molecule has 7 heteroatoms. The van der Waals surface area contributed by atoms with E-state index in [0.717, 1.165) is 37.0 Å². The van der Waals surface area contributed by atoms with Gasteiger partial charge in [-0.1, -0.05) is 13.0 Å². The number of carbonyl (C=O) groups is 1. The number of carbonyl (C=O) groups excluding carboxylic acids is 1. The number of halogens is 1. The monoisotopic (exact) mass is 474 g/mol. The smallest absolute Gasteiger partial charge is 0.221 e. The van der Waals surface area contributed by atoms with E-state index in [0.29, 0.717) is 19.1 Å². The Kier molecular flexibility index (Phi) is 10.4. The van der Waals surface area contributed by atoms with Crippen LogP contribution in [0.15, 0.2) is 29.3 Å². The Morgan fingerprint density at radius 1 is 1.42 bits per heavy atom. The van der Waals surface area contributed by atoms with Gasteiger partial charge in [0.25, 0.3) is 0 Å². The van der Waals surface area contributed by atoms with Gasteiger partial charge in [0.05, 0.1) is 6.54 Å². The molecule has 1 unspecified atom stereocenters. The van der Waals surface area contributed by atoms with Gasteiger partial charge in [-0.2, -0.15) is 0 Å². The van der Waals surface area contributed by atoms with Crippen molar-refractivity contribution >= 4 is 41.5 Å². The molecule has 26 heavy (non-hydrogen) atoms. The summed E-state index contributed by atoms with van der Waals surface area (Å²) in [5.41, 5.74) is 0.740. The number of piperidine rings is 1. The Balaban J connectivity index is 0.00000338. The molecule has 146 valence electrons. The number of hydrogen-bond donors (Lipinski definition) is 2. The number of hydrogen-bond acceptors (Lipinski definition) is 3. The van der Waals surface area contributed by atoms with E-state index in [1.54, 1.807) is 0 Å². The van der Waals surface area contributed by atoms with E-state index >= 15 is 0 Å². The zero-order valence-electron chi connectivity index (χ0n) is 16.0. The summed E-state index contributed by atoms with van der Waals surface area (Å²) in [5.74, 6) is 2.33. The number of guanidine groups is 1. The highest BCUT2D eigenvalue weighted by Crippen LogP contribution is 2.17. The van der Waals surface area contributed by atoms with Crippen LogP contribution in [0.1, 0.15) is 33.6 Å². The summed E-state index contributed by atoms with van der Waals surface area (Å²) in [7, 11) is 0. The lowest BCUT2D eigenvalue weighted by Crippen LogP contribution is -2.46. The summed E-state index contributed by atoms with van der Waals surface area (Å²) in [5, 5.41) is 6.13. The second-order valence-corrected chi connectivity index (χ2v) is 6.49. The number of likely N-dealkylation sites (tertiary alicyclic amines) is 1. The first-order valence-electron chi connectivity index (χ1n) is 9.12. The number of ether oxygens (including phenoxy) is 1. The van der Waals surface area contributed by atoms with Crippen LogP contribution in [0.2, 0.25) is 0 Å². The largest absolute Gasteiger partial charge is 0.492 e. The summed E-state index contributed by atoms with van der Waals surface area (Å²) in [6, 6.07) is 7.41. The Hall–Kier alpha value is -1.51. The van der Waals surface area contributed by atoms with Gasteiger partial charge >= 0.3 is 0 Å². The minimum atomic E-state index is -0.0900. The Morgan fingerprint density at radius 2 is 2.23 bits per heavy atom. The zero-order valence-corrected chi connectivity index (χ0v) is 18.3. The fourth-order valence-electron chi connectivity index (χ4n) is 2.99. The van der Waals surface area contributed by atoms with Crippen LogP contribution < -0.4 is 15.4 Å². The molecular formula is C19H31IN4O2. The van der Waals surface area contributed by atoms with Gasteiger partial charge in [-0.05, 0) is 37.8 Å². The number of nitrogens with one attached hydrogen (secondary N) is 2. The summed E-state index contributed by atoms with van der Waals surface area (Å²) in [6.45, 7) is 9.96. The van der Waals surface area contributed by atoms with Crippen molar-refractivity contribution in [3.05, 3.63) is 24.3 Å². The molecule has 1 atom stereocenters. The molecule has 0 radical (unpaired) electrons. The van der Waals surface area contributed by atoms with Crippen LogP contribution >= 0.6 is 24.0 Å². The topological polar surface area (TPSA) is 66.0 Å². The first kappa shape index (κ1) is 22.5. The maximum Gasteiger partial charge on any atom is 0.221 e. The van der Waals surface area contributed by atoms with Crippen LogP contribution in [0.3, 0.4) is 0 Å². The maximum absolute atomic E-state index is 11.1. The summed E-state index contributed by atoms with van der Waals surface area (Å²) < 4.78 is 5.76. The molecule has 1 saturated heterocycles. The minimum absolute atomic E-state index is 0. The Morgan fingerprint density at radius 3 is 2.92 bits per heavy atom. The number of anilines is 1. The number of rotatable bonds is 6. The van der Waals surface area contributed by atoms with Crippen LogP contribution in [-0.4, -0.2) is 49.6 Å². The normalized spacial score (nSPS) is 17.3. The van der Waals surface area contributed by atoms with Crippen LogP contribution in [0, 0.1) is 5.92 Å². The van der Waals surface area contributed by atoms with E-state index in [9.17, 15) is 4.79 Å². The molecule has 1 aromatic rings. The molecule has 0 aliphatic carbocycles. The summed E-state index contributed by atoms with van der Waals surface area (Å²) in [6.07, 6.45) is 2.52. The van der Waals surface area contributed by atoms with Crippen LogP contribution in [0.25, 0.3) is 0 Å². The highest BCUT2D eigenvalue weighted by Gasteiger charge is 2.18. The van der Waals surface area contributed by atoms with E-state index in [4.69, 9.17) is 9.73 Å². The maximum atomic E-state index is 11.1. The van der Waals surface area contributed by atoms with Crippen LogP contribution in [0.5, 0.6) is 5.75 Å². The van der Waals surface area contributed by atoms with Gasteiger partial charge in [0, 0.05) is 38.3 Å². The highest BCUT2D eigenvalue weighted by molar-refractivity contribution is 14.0. The van der Waals surface area contributed by atoms with Gasteiger partial charge in [-0.3, -0.25) is 4.79 Å². The molecule has 0 saturated carbocycles. The van der Waals surface area contributed by atoms with E-state index < -0.39 is 0 Å². The zero-order chi connectivity index (χ0) is 18.1. The minimum Gasteiger partial charge on any atom is -0.492 e. The lowest BCUT2D eigenvalue weighted by Gasteiger charge is -2.33. The number of benzene rings is 1. The average molecular weight is 474 g/mol. The van der Waals surface area contributed by atoms with E-state index in [2.05, 4.69) is 29.4 Å². The molecule has 1 heterocycles. The van der Waals surface area contributed by atoms with Crippen LogP contribution in [0.4, 0.5) is 5.69 Å². The van der Waals surface area contributed by atoms with Crippen molar-refractivity contribution < 1.29 is 9.53 Å².